The summed E-state index contributed by atoms with van der Waals surface area (Å²) in [5.41, 5.74) is 3.29. The van der Waals surface area contributed by atoms with Crippen LogP contribution in [0.2, 0.25) is 0 Å². The van der Waals surface area contributed by atoms with Crippen molar-refractivity contribution >= 4 is 5.97 Å². The van der Waals surface area contributed by atoms with Crippen molar-refractivity contribution in [2.45, 2.75) is 12.2 Å². The van der Waals surface area contributed by atoms with Crippen molar-refractivity contribution in [3.63, 3.8) is 0 Å². The topological polar surface area (TPSA) is 76.2 Å². The molecule has 0 unspecified atom stereocenters. The van der Waals surface area contributed by atoms with Gasteiger partial charge in [-0.15, -0.1) is 0 Å². The number of alkyl halides is 3. The summed E-state index contributed by atoms with van der Waals surface area (Å²) in [5, 5.41) is 8.51. The zero-order valence-corrected chi connectivity index (χ0v) is 7.32. The van der Waals surface area contributed by atoms with Crippen LogP contribution in [0, 0.1) is 0 Å². The normalized spacial score (nSPS) is 13.6. The lowest BCUT2D eigenvalue weighted by atomic mass is 10.1. The predicted molar refractivity (Wildman–Crippen MR) is 43.8 cm³/mol. The molecule has 0 amide bonds. The van der Waals surface area contributed by atoms with Crippen LogP contribution < -0.4 is 5.73 Å². The second kappa shape index (κ2) is 3.85. The van der Waals surface area contributed by atoms with E-state index in [0.29, 0.717) is 0 Å². The quantitative estimate of drug-likeness (QED) is 0.784. The number of hydrogen-bond donors (Lipinski definition) is 2. The van der Waals surface area contributed by atoms with E-state index in [1.54, 1.807) is 0 Å². The molecule has 0 aliphatic rings. The molecule has 1 aromatic rings. The maximum Gasteiger partial charge on any atom is 0.433 e. The molecule has 0 aliphatic heterocycles. The van der Waals surface area contributed by atoms with Crippen LogP contribution in [-0.2, 0) is 11.0 Å². The summed E-state index contributed by atoms with van der Waals surface area (Å²) in [5.74, 6) is -1.53. The third kappa shape index (κ3) is 2.44. The summed E-state index contributed by atoms with van der Waals surface area (Å²) in [6.07, 6.45) is -3.77. The summed E-state index contributed by atoms with van der Waals surface area (Å²) < 4.78 is 37.1. The van der Waals surface area contributed by atoms with Crippen LogP contribution in [-0.4, -0.2) is 16.1 Å². The molecule has 4 nitrogen and oxygen atoms in total. The molecular weight excluding hydrogens is 213 g/mol. The lowest BCUT2D eigenvalue weighted by molar-refractivity contribution is -0.143. The maximum atomic E-state index is 12.4. The van der Waals surface area contributed by atoms with E-state index in [1.165, 1.54) is 6.07 Å². The van der Waals surface area contributed by atoms with E-state index in [2.05, 4.69) is 4.98 Å². The monoisotopic (exact) mass is 220 g/mol. The van der Waals surface area contributed by atoms with Crippen molar-refractivity contribution in [1.29, 1.82) is 0 Å². The Morgan fingerprint density at radius 3 is 2.60 bits per heavy atom. The van der Waals surface area contributed by atoms with Gasteiger partial charge in [-0.3, -0.25) is 9.78 Å². The Morgan fingerprint density at radius 2 is 2.13 bits per heavy atom. The number of carbonyl (C=O) groups is 1. The lowest BCUT2D eigenvalue weighted by Gasteiger charge is -2.13. The molecule has 0 bridgehead atoms. The molecule has 7 heteroatoms. The van der Waals surface area contributed by atoms with Gasteiger partial charge in [0.25, 0.3) is 0 Å². The Labute approximate surface area is 82.5 Å². The van der Waals surface area contributed by atoms with E-state index < -0.39 is 29.4 Å². The molecule has 0 aromatic carbocycles. The third-order valence-electron chi connectivity index (χ3n) is 1.71. The minimum Gasteiger partial charge on any atom is -0.480 e. The molecule has 0 radical (unpaired) electrons. The molecule has 1 rings (SSSR count). The average molecular weight is 220 g/mol. The number of aromatic nitrogens is 1. The number of hydrogen-bond acceptors (Lipinski definition) is 3. The summed E-state index contributed by atoms with van der Waals surface area (Å²) >= 11 is 0. The van der Waals surface area contributed by atoms with Gasteiger partial charge in [0.05, 0.1) is 0 Å². The highest BCUT2D eigenvalue weighted by molar-refractivity contribution is 5.75. The van der Waals surface area contributed by atoms with Gasteiger partial charge in [0, 0.05) is 11.8 Å². The summed E-state index contributed by atoms with van der Waals surface area (Å²) in [6, 6.07) is 0.470. The van der Waals surface area contributed by atoms with Gasteiger partial charge in [0.1, 0.15) is 11.7 Å². The first kappa shape index (κ1) is 11.4. The van der Waals surface area contributed by atoms with Gasteiger partial charge in [-0.2, -0.15) is 13.2 Å². The summed E-state index contributed by atoms with van der Waals surface area (Å²) in [7, 11) is 0. The number of nitrogens with two attached hydrogens (primary N) is 1. The molecule has 1 atom stereocenters. The van der Waals surface area contributed by atoms with Crippen LogP contribution in [0.4, 0.5) is 13.2 Å². The largest absolute Gasteiger partial charge is 0.480 e. The molecule has 1 aromatic heterocycles. The van der Waals surface area contributed by atoms with Gasteiger partial charge in [0.2, 0.25) is 0 Å². The average Bonchev–Trinajstić information content (AvgIpc) is 2.15. The Bertz CT molecular complexity index is 378. The third-order valence-corrected chi connectivity index (χ3v) is 1.71. The number of rotatable bonds is 2. The van der Waals surface area contributed by atoms with Crippen LogP contribution in [0.3, 0.4) is 0 Å². The zero-order chi connectivity index (χ0) is 11.6. The molecule has 0 fully saturated rings. The minimum atomic E-state index is -4.70. The van der Waals surface area contributed by atoms with E-state index in [4.69, 9.17) is 10.8 Å². The second-order valence-corrected chi connectivity index (χ2v) is 2.75. The van der Waals surface area contributed by atoms with Crippen molar-refractivity contribution in [3.8, 4) is 0 Å². The fourth-order valence-corrected chi connectivity index (χ4v) is 1.04. The van der Waals surface area contributed by atoms with Gasteiger partial charge in [-0.1, -0.05) is 6.07 Å². The van der Waals surface area contributed by atoms with Crippen LogP contribution in [0.15, 0.2) is 18.3 Å². The van der Waals surface area contributed by atoms with Crippen molar-refractivity contribution in [2.75, 3.05) is 0 Å². The Balaban J connectivity index is 3.24. The van der Waals surface area contributed by atoms with Gasteiger partial charge in [-0.25, -0.2) is 0 Å². The Kier molecular flexibility index (Phi) is 2.94. The molecule has 82 valence electrons. The van der Waals surface area contributed by atoms with Crippen LogP contribution >= 0.6 is 0 Å². The number of nitrogens with zero attached hydrogens (tertiary/aromatic N) is 1. The maximum absolute atomic E-state index is 12.4. The number of pyridine rings is 1. The highest BCUT2D eigenvalue weighted by atomic mass is 19.4. The van der Waals surface area contributed by atoms with Gasteiger partial charge in [-0.05, 0) is 6.07 Å². The Morgan fingerprint density at radius 1 is 1.53 bits per heavy atom. The van der Waals surface area contributed by atoms with E-state index in [0.717, 1.165) is 12.3 Å². The fourth-order valence-electron chi connectivity index (χ4n) is 1.04. The lowest BCUT2D eigenvalue weighted by Crippen LogP contribution is -2.25. The van der Waals surface area contributed by atoms with E-state index in [9.17, 15) is 18.0 Å². The van der Waals surface area contributed by atoms with Crippen molar-refractivity contribution in [2.24, 2.45) is 5.73 Å². The zero-order valence-electron chi connectivity index (χ0n) is 7.32. The molecule has 0 aliphatic carbocycles. The molecule has 15 heavy (non-hydrogen) atoms. The van der Waals surface area contributed by atoms with E-state index >= 15 is 0 Å². The van der Waals surface area contributed by atoms with Gasteiger partial charge in [0.15, 0.2) is 0 Å². The van der Waals surface area contributed by atoms with E-state index in [1.807, 2.05) is 0 Å². The van der Waals surface area contributed by atoms with E-state index in [-0.39, 0.29) is 0 Å². The second-order valence-electron chi connectivity index (χ2n) is 2.75. The van der Waals surface area contributed by atoms with Crippen LogP contribution in [0.25, 0.3) is 0 Å². The van der Waals surface area contributed by atoms with Crippen LogP contribution in [0.5, 0.6) is 0 Å². The van der Waals surface area contributed by atoms with Crippen molar-refractivity contribution < 1.29 is 23.1 Å². The van der Waals surface area contributed by atoms with Crippen molar-refractivity contribution in [1.82, 2.24) is 4.98 Å². The highest BCUT2D eigenvalue weighted by Gasteiger charge is 2.37. The highest BCUT2D eigenvalue weighted by Crippen LogP contribution is 2.32. The first-order valence-electron chi connectivity index (χ1n) is 3.84. The number of carboxylic acid groups (broad SMARTS) is 1. The standard InChI is InChI=1S/C8H7F3N2O2/c9-8(10,11)6-4(2-1-3-13-6)5(12)7(14)15/h1-3,5H,12H2,(H,14,15)/t5-/m0/s1. The van der Waals surface area contributed by atoms with Gasteiger partial charge >= 0.3 is 12.1 Å². The predicted octanol–water partition coefficient (Wildman–Crippen LogP) is 1.18. The smallest absolute Gasteiger partial charge is 0.433 e. The first-order chi connectivity index (χ1) is 6.84. The molecule has 1 heterocycles. The SMILES string of the molecule is N[C@H](C(=O)O)c1cccnc1C(F)(F)F. The van der Waals surface area contributed by atoms with Gasteiger partial charge < -0.3 is 10.8 Å². The first-order valence-corrected chi connectivity index (χ1v) is 3.84. The molecule has 3 N–H and O–H groups in total. The fraction of sp³-hybridized carbons (Fsp3) is 0.250. The number of aliphatic carboxylic acids is 1. The summed E-state index contributed by atoms with van der Waals surface area (Å²) in [6.45, 7) is 0. The van der Waals surface area contributed by atoms with Crippen LogP contribution in [0.1, 0.15) is 17.3 Å². The minimum absolute atomic E-state index is 0.544. The number of halogens is 3. The van der Waals surface area contributed by atoms with Crippen molar-refractivity contribution in [3.05, 3.63) is 29.6 Å². The molecule has 0 saturated heterocycles. The Hall–Kier alpha value is -1.63. The number of carboxylic acids is 1. The molecule has 0 saturated carbocycles. The molecular formula is C8H7F3N2O2. The molecule has 0 spiro atoms. The summed E-state index contributed by atoms with van der Waals surface area (Å²) in [4.78, 5) is 13.5.